The van der Waals surface area contributed by atoms with Crippen LogP contribution in [-0.2, 0) is 6.18 Å². The van der Waals surface area contributed by atoms with E-state index >= 15 is 0 Å². The molecular formula is C26H24F3N3O4S. The molecule has 2 aliphatic rings. The summed E-state index contributed by atoms with van der Waals surface area (Å²) >= 11 is 1.38. The predicted octanol–water partition coefficient (Wildman–Crippen LogP) is 5.58. The van der Waals surface area contributed by atoms with Crippen LogP contribution in [0.15, 0.2) is 47.8 Å². The number of amides is 2. The van der Waals surface area contributed by atoms with Gasteiger partial charge in [-0.2, -0.15) is 13.2 Å². The second-order valence-electron chi connectivity index (χ2n) is 8.77. The maximum absolute atomic E-state index is 13.4. The fourth-order valence-corrected chi connectivity index (χ4v) is 5.59. The standard InChI is InChI=1S/C26H24F3N3O4S/c1-2-32(17-7-8-21-22(13-17)36-15-35-21)25(34)20-14-37-23(30-20)16-9-11-31(12-10-16)24(33)18-5-3-4-6-19(18)26(27,28)29/h3-8,13-14,16H,2,9-12,15H2,1H3. The van der Waals surface area contributed by atoms with E-state index in [1.54, 1.807) is 28.5 Å². The van der Waals surface area contributed by atoms with Gasteiger partial charge in [0.2, 0.25) is 6.79 Å². The summed E-state index contributed by atoms with van der Waals surface area (Å²) in [6.07, 6.45) is -3.48. The highest BCUT2D eigenvalue weighted by atomic mass is 32.1. The smallest absolute Gasteiger partial charge is 0.417 e. The summed E-state index contributed by atoms with van der Waals surface area (Å²) in [7, 11) is 0. The van der Waals surface area contributed by atoms with Gasteiger partial charge in [0.15, 0.2) is 11.5 Å². The number of rotatable bonds is 5. The largest absolute Gasteiger partial charge is 0.454 e. The molecule has 1 aromatic heterocycles. The van der Waals surface area contributed by atoms with E-state index in [2.05, 4.69) is 4.98 Å². The van der Waals surface area contributed by atoms with Gasteiger partial charge < -0.3 is 19.3 Å². The molecule has 5 rings (SSSR count). The number of aromatic nitrogens is 1. The number of fused-ring (bicyclic) bond motifs is 1. The Morgan fingerprint density at radius 1 is 1.11 bits per heavy atom. The Morgan fingerprint density at radius 2 is 1.84 bits per heavy atom. The van der Waals surface area contributed by atoms with Crippen LogP contribution in [-0.4, -0.2) is 48.1 Å². The lowest BCUT2D eigenvalue weighted by atomic mass is 9.96. The monoisotopic (exact) mass is 531 g/mol. The summed E-state index contributed by atoms with van der Waals surface area (Å²) in [6.45, 7) is 3.09. The first-order valence-electron chi connectivity index (χ1n) is 11.9. The summed E-state index contributed by atoms with van der Waals surface area (Å²) < 4.78 is 50.8. The van der Waals surface area contributed by atoms with Crippen LogP contribution < -0.4 is 14.4 Å². The Hall–Kier alpha value is -3.60. The maximum Gasteiger partial charge on any atom is 0.417 e. The van der Waals surface area contributed by atoms with Crippen LogP contribution in [0.5, 0.6) is 11.5 Å². The fourth-order valence-electron chi connectivity index (χ4n) is 4.62. The molecule has 2 aliphatic heterocycles. The van der Waals surface area contributed by atoms with E-state index in [1.165, 1.54) is 34.4 Å². The Labute approximate surface area is 215 Å². The predicted molar refractivity (Wildman–Crippen MR) is 131 cm³/mol. The molecule has 2 amide bonds. The number of likely N-dealkylation sites (tertiary alicyclic amines) is 1. The minimum Gasteiger partial charge on any atom is -0.454 e. The van der Waals surface area contributed by atoms with Crippen molar-refractivity contribution in [1.29, 1.82) is 0 Å². The molecule has 0 saturated carbocycles. The van der Waals surface area contributed by atoms with Crippen molar-refractivity contribution in [2.45, 2.75) is 31.9 Å². The fraction of sp³-hybridized carbons (Fsp3) is 0.346. The molecule has 1 fully saturated rings. The van der Waals surface area contributed by atoms with E-state index in [4.69, 9.17) is 9.47 Å². The van der Waals surface area contributed by atoms with Gasteiger partial charge in [-0.15, -0.1) is 11.3 Å². The van der Waals surface area contributed by atoms with Crippen molar-refractivity contribution in [2.24, 2.45) is 0 Å². The minimum atomic E-state index is -4.60. The van der Waals surface area contributed by atoms with Crippen molar-refractivity contribution >= 4 is 28.8 Å². The lowest BCUT2D eigenvalue weighted by Crippen LogP contribution is -2.38. The van der Waals surface area contributed by atoms with Gasteiger partial charge in [0.1, 0.15) is 5.69 Å². The summed E-state index contributed by atoms with van der Waals surface area (Å²) in [5.74, 6) is 0.384. The normalized spacial score (nSPS) is 15.6. The lowest BCUT2D eigenvalue weighted by Gasteiger charge is -2.31. The molecule has 194 valence electrons. The van der Waals surface area contributed by atoms with Crippen LogP contribution in [0.4, 0.5) is 18.9 Å². The van der Waals surface area contributed by atoms with Crippen LogP contribution >= 0.6 is 11.3 Å². The molecule has 0 bridgehead atoms. The van der Waals surface area contributed by atoms with Crippen LogP contribution in [0, 0.1) is 0 Å². The zero-order valence-electron chi connectivity index (χ0n) is 20.0. The first-order chi connectivity index (χ1) is 17.8. The van der Waals surface area contributed by atoms with Crippen molar-refractivity contribution in [3.8, 4) is 11.5 Å². The third kappa shape index (κ3) is 5.00. The molecule has 0 radical (unpaired) electrons. The number of anilines is 1. The highest BCUT2D eigenvalue weighted by Crippen LogP contribution is 2.37. The highest BCUT2D eigenvalue weighted by Gasteiger charge is 2.37. The highest BCUT2D eigenvalue weighted by molar-refractivity contribution is 7.10. The molecule has 0 N–H and O–H groups in total. The number of ether oxygens (including phenoxy) is 2. The summed E-state index contributed by atoms with van der Waals surface area (Å²) in [4.78, 5) is 33.8. The van der Waals surface area contributed by atoms with Crippen LogP contribution in [0.1, 0.15) is 57.1 Å². The summed E-state index contributed by atoms with van der Waals surface area (Å²) in [5, 5.41) is 2.51. The lowest BCUT2D eigenvalue weighted by molar-refractivity contribution is -0.138. The van der Waals surface area contributed by atoms with Crippen LogP contribution in [0.3, 0.4) is 0 Å². The van der Waals surface area contributed by atoms with Crippen molar-refractivity contribution in [3.63, 3.8) is 0 Å². The Balaban J connectivity index is 1.25. The third-order valence-electron chi connectivity index (χ3n) is 6.56. The Morgan fingerprint density at radius 3 is 2.57 bits per heavy atom. The van der Waals surface area contributed by atoms with E-state index in [9.17, 15) is 22.8 Å². The molecule has 2 aromatic carbocycles. The van der Waals surface area contributed by atoms with Crippen LogP contribution in [0.2, 0.25) is 0 Å². The average molecular weight is 532 g/mol. The molecular weight excluding hydrogens is 507 g/mol. The molecule has 0 atom stereocenters. The maximum atomic E-state index is 13.4. The third-order valence-corrected chi connectivity index (χ3v) is 7.57. The van der Waals surface area contributed by atoms with Gasteiger partial charge in [-0.25, -0.2) is 4.98 Å². The SMILES string of the molecule is CCN(C(=O)c1csc(C2CCN(C(=O)c3ccccc3C(F)(F)F)CC2)n1)c1ccc2c(c1)OCO2. The van der Waals surface area contributed by atoms with E-state index in [0.29, 0.717) is 55.4 Å². The average Bonchev–Trinajstić information content (AvgIpc) is 3.58. The van der Waals surface area contributed by atoms with Crippen molar-refractivity contribution in [2.75, 3.05) is 31.3 Å². The number of thiazole rings is 1. The van der Waals surface area contributed by atoms with E-state index in [-0.39, 0.29) is 24.2 Å². The number of hydrogen-bond donors (Lipinski definition) is 0. The molecule has 37 heavy (non-hydrogen) atoms. The molecule has 3 aromatic rings. The number of alkyl halides is 3. The number of halogens is 3. The molecule has 0 aliphatic carbocycles. The number of benzene rings is 2. The zero-order chi connectivity index (χ0) is 26.2. The molecule has 7 nitrogen and oxygen atoms in total. The van der Waals surface area contributed by atoms with Gasteiger partial charge in [-0.1, -0.05) is 12.1 Å². The van der Waals surface area contributed by atoms with Crippen molar-refractivity contribution in [1.82, 2.24) is 9.88 Å². The van der Waals surface area contributed by atoms with Gasteiger partial charge in [0, 0.05) is 42.7 Å². The van der Waals surface area contributed by atoms with Gasteiger partial charge >= 0.3 is 6.18 Å². The molecule has 0 spiro atoms. The Bertz CT molecular complexity index is 1320. The minimum absolute atomic E-state index is 0.0223. The van der Waals surface area contributed by atoms with Crippen molar-refractivity contribution in [3.05, 3.63) is 69.7 Å². The number of carbonyl (C=O) groups is 2. The number of piperidine rings is 1. The number of hydrogen-bond acceptors (Lipinski definition) is 6. The van der Waals surface area contributed by atoms with E-state index in [0.717, 1.165) is 11.1 Å². The van der Waals surface area contributed by atoms with Crippen LogP contribution in [0.25, 0.3) is 0 Å². The van der Waals surface area contributed by atoms with Gasteiger partial charge in [-0.05, 0) is 44.0 Å². The summed E-state index contributed by atoms with van der Waals surface area (Å²) in [5.41, 5.74) is -0.249. The topological polar surface area (TPSA) is 72.0 Å². The van der Waals surface area contributed by atoms with E-state index < -0.39 is 17.6 Å². The molecule has 0 unspecified atom stereocenters. The summed E-state index contributed by atoms with van der Waals surface area (Å²) in [6, 6.07) is 10.2. The molecule has 1 saturated heterocycles. The van der Waals surface area contributed by atoms with Gasteiger partial charge in [-0.3, -0.25) is 9.59 Å². The second kappa shape index (κ2) is 10.0. The van der Waals surface area contributed by atoms with Gasteiger partial charge in [0.05, 0.1) is 16.1 Å². The number of nitrogens with zero attached hydrogens (tertiary/aromatic N) is 3. The molecule has 11 heteroatoms. The Kier molecular flexibility index (Phi) is 6.80. The number of carbonyl (C=O) groups excluding carboxylic acids is 2. The molecule has 3 heterocycles. The first kappa shape index (κ1) is 25.1. The quantitative estimate of drug-likeness (QED) is 0.430. The second-order valence-corrected chi connectivity index (χ2v) is 9.66. The van der Waals surface area contributed by atoms with E-state index in [1.807, 2.05) is 6.92 Å². The van der Waals surface area contributed by atoms with Gasteiger partial charge in [0.25, 0.3) is 11.8 Å². The first-order valence-corrected chi connectivity index (χ1v) is 12.8. The van der Waals surface area contributed by atoms with Crippen molar-refractivity contribution < 1.29 is 32.2 Å². The zero-order valence-corrected chi connectivity index (χ0v) is 20.8.